The topological polar surface area (TPSA) is 83.6 Å². The summed E-state index contributed by atoms with van der Waals surface area (Å²) in [6.07, 6.45) is 0. The predicted molar refractivity (Wildman–Crippen MR) is 63.2 cm³/mol. The largest absolute Gasteiger partial charge is 0.508 e. The van der Waals surface area contributed by atoms with Crippen molar-refractivity contribution in [2.75, 3.05) is 6.54 Å². The van der Waals surface area contributed by atoms with Crippen LogP contribution in [0.5, 0.6) is 5.75 Å². The summed E-state index contributed by atoms with van der Waals surface area (Å²) in [4.78, 5) is 25.3. The zero-order valence-electron chi connectivity index (χ0n) is 9.74. The summed E-state index contributed by atoms with van der Waals surface area (Å²) < 4.78 is 0. The second kappa shape index (κ2) is 3.81. The lowest BCUT2D eigenvalue weighted by Crippen LogP contribution is -2.35. The highest BCUT2D eigenvalue weighted by Crippen LogP contribution is 2.53. The summed E-state index contributed by atoms with van der Waals surface area (Å²) in [7, 11) is 0. The van der Waals surface area contributed by atoms with Crippen LogP contribution in [0.2, 0.25) is 0 Å². The highest BCUT2D eigenvalue weighted by Gasteiger charge is 2.66. The van der Waals surface area contributed by atoms with Gasteiger partial charge in [-0.1, -0.05) is 18.2 Å². The number of amides is 2. The molecule has 1 saturated carbocycles. The van der Waals surface area contributed by atoms with Crippen molar-refractivity contribution in [3.05, 3.63) is 29.8 Å². The molecule has 0 aromatic heterocycles. The zero-order valence-corrected chi connectivity index (χ0v) is 9.74. The normalized spacial score (nSPS) is 29.6. The average Bonchev–Trinajstić information content (AvgIpc) is 3.04. The Balaban J connectivity index is 1.79. The number of fused-ring (bicyclic) bond motifs is 1. The molecule has 2 aliphatic rings. The molecular formula is C13H14N2O3. The summed E-state index contributed by atoms with van der Waals surface area (Å²) in [5, 5.41) is 9.65. The van der Waals surface area contributed by atoms with Gasteiger partial charge in [-0.25, -0.2) is 0 Å². The zero-order chi connectivity index (χ0) is 12.9. The summed E-state index contributed by atoms with van der Waals surface area (Å²) in [5.74, 6) is -0.589. The van der Waals surface area contributed by atoms with Gasteiger partial charge in [0.2, 0.25) is 11.8 Å². The number of hydrogen-bond donors (Lipinski definition) is 2. The number of phenolic OH excluding ortho intramolecular Hbond substituents is 1. The molecule has 2 fully saturated rings. The number of piperidine rings is 1. The van der Waals surface area contributed by atoms with E-state index in [1.54, 1.807) is 24.3 Å². The van der Waals surface area contributed by atoms with Crippen LogP contribution < -0.4 is 5.73 Å². The number of likely N-dealkylation sites (tertiary alicyclic amines) is 1. The molecule has 1 aliphatic carbocycles. The maximum atomic E-state index is 12.0. The predicted octanol–water partition coefficient (Wildman–Crippen LogP) is 0.0819. The van der Waals surface area contributed by atoms with Crippen LogP contribution in [0.25, 0.3) is 0 Å². The quantitative estimate of drug-likeness (QED) is 0.740. The third kappa shape index (κ3) is 1.44. The van der Waals surface area contributed by atoms with Gasteiger partial charge in [0.25, 0.3) is 0 Å². The minimum absolute atomic E-state index is 0.0330. The van der Waals surface area contributed by atoms with Crippen LogP contribution in [0.1, 0.15) is 5.56 Å². The Bertz CT molecular complexity index is 507. The third-order valence-electron chi connectivity index (χ3n) is 3.86. The number of nitrogens with zero attached hydrogens (tertiary/aromatic N) is 1. The van der Waals surface area contributed by atoms with E-state index in [0.29, 0.717) is 12.1 Å². The van der Waals surface area contributed by atoms with Crippen molar-refractivity contribution in [3.8, 4) is 5.75 Å². The van der Waals surface area contributed by atoms with Gasteiger partial charge in [0.15, 0.2) is 0 Å². The number of imide groups is 1. The number of rotatable bonds is 3. The van der Waals surface area contributed by atoms with Gasteiger partial charge < -0.3 is 10.8 Å². The molecule has 2 atom stereocenters. The van der Waals surface area contributed by atoms with Gasteiger partial charge in [0.1, 0.15) is 5.75 Å². The summed E-state index contributed by atoms with van der Waals surface area (Å²) >= 11 is 0. The average molecular weight is 246 g/mol. The first-order chi connectivity index (χ1) is 8.65. The molecule has 1 heterocycles. The Morgan fingerprint density at radius 3 is 2.33 bits per heavy atom. The van der Waals surface area contributed by atoms with Crippen LogP contribution in [-0.4, -0.2) is 28.4 Å². The maximum Gasteiger partial charge on any atom is 0.233 e. The smallest absolute Gasteiger partial charge is 0.233 e. The highest BCUT2D eigenvalue weighted by molar-refractivity contribution is 6.09. The standard InChI is InChI=1S/C13H14N2O3/c14-5-8-10-11(8)13(18)15(12(10)17)6-7-3-1-2-4-9(7)16/h1-4,8,10-11,16H,5-6,14H2. The van der Waals surface area contributed by atoms with Crippen LogP contribution in [0.3, 0.4) is 0 Å². The van der Waals surface area contributed by atoms with Crippen molar-refractivity contribution >= 4 is 11.8 Å². The van der Waals surface area contributed by atoms with Gasteiger partial charge in [0, 0.05) is 5.56 Å². The fourth-order valence-electron chi connectivity index (χ4n) is 2.78. The van der Waals surface area contributed by atoms with Crippen LogP contribution in [0, 0.1) is 17.8 Å². The molecule has 0 radical (unpaired) electrons. The summed E-state index contributed by atoms with van der Waals surface area (Å²) in [5.41, 5.74) is 6.10. The van der Waals surface area contributed by atoms with Crippen molar-refractivity contribution in [3.63, 3.8) is 0 Å². The van der Waals surface area contributed by atoms with E-state index in [9.17, 15) is 14.7 Å². The summed E-state index contributed by atoms with van der Waals surface area (Å²) in [6.45, 7) is 0.534. The minimum Gasteiger partial charge on any atom is -0.508 e. The van der Waals surface area contributed by atoms with Gasteiger partial charge in [0.05, 0.1) is 18.4 Å². The van der Waals surface area contributed by atoms with E-state index in [4.69, 9.17) is 5.73 Å². The lowest BCUT2D eigenvalue weighted by molar-refractivity contribution is -0.142. The Morgan fingerprint density at radius 1 is 1.17 bits per heavy atom. The molecule has 0 bridgehead atoms. The van der Waals surface area contributed by atoms with Crippen molar-refractivity contribution in [1.82, 2.24) is 4.90 Å². The van der Waals surface area contributed by atoms with Crippen LogP contribution in [-0.2, 0) is 16.1 Å². The number of benzene rings is 1. The molecule has 5 nitrogen and oxygen atoms in total. The molecule has 2 unspecified atom stereocenters. The van der Waals surface area contributed by atoms with E-state index in [2.05, 4.69) is 0 Å². The van der Waals surface area contributed by atoms with E-state index in [1.165, 1.54) is 4.90 Å². The van der Waals surface area contributed by atoms with Gasteiger partial charge >= 0.3 is 0 Å². The van der Waals surface area contributed by atoms with E-state index in [1.807, 2.05) is 0 Å². The number of carbonyl (C=O) groups excluding carboxylic acids is 2. The Labute approximate surface area is 104 Å². The Morgan fingerprint density at radius 2 is 1.78 bits per heavy atom. The molecule has 3 N–H and O–H groups in total. The van der Waals surface area contributed by atoms with Crippen LogP contribution >= 0.6 is 0 Å². The van der Waals surface area contributed by atoms with Gasteiger partial charge in [-0.15, -0.1) is 0 Å². The van der Waals surface area contributed by atoms with Crippen molar-refractivity contribution in [2.24, 2.45) is 23.5 Å². The van der Waals surface area contributed by atoms with Gasteiger partial charge in [-0.05, 0) is 18.5 Å². The number of carbonyl (C=O) groups is 2. The Kier molecular flexibility index (Phi) is 2.38. The first-order valence-electron chi connectivity index (χ1n) is 5.97. The summed E-state index contributed by atoms with van der Waals surface area (Å²) in [6, 6.07) is 6.72. The second-order valence-electron chi connectivity index (χ2n) is 4.84. The second-order valence-corrected chi connectivity index (χ2v) is 4.84. The molecule has 1 aromatic carbocycles. The van der Waals surface area contributed by atoms with Crippen LogP contribution in [0.4, 0.5) is 0 Å². The molecule has 1 saturated heterocycles. The van der Waals surface area contributed by atoms with E-state index < -0.39 is 0 Å². The van der Waals surface area contributed by atoms with Crippen molar-refractivity contribution < 1.29 is 14.7 Å². The molecular weight excluding hydrogens is 232 g/mol. The van der Waals surface area contributed by atoms with E-state index >= 15 is 0 Å². The molecule has 1 aliphatic heterocycles. The minimum atomic E-state index is -0.214. The monoisotopic (exact) mass is 246 g/mol. The lowest BCUT2D eigenvalue weighted by Gasteiger charge is -2.18. The fraction of sp³-hybridized carbons (Fsp3) is 0.385. The van der Waals surface area contributed by atoms with Crippen molar-refractivity contribution in [1.29, 1.82) is 0 Å². The van der Waals surface area contributed by atoms with Gasteiger partial charge in [-0.2, -0.15) is 0 Å². The first-order valence-corrected chi connectivity index (χ1v) is 5.97. The Hall–Kier alpha value is -1.88. The molecule has 0 spiro atoms. The maximum absolute atomic E-state index is 12.0. The molecule has 1 aromatic rings. The molecule has 2 amide bonds. The fourth-order valence-corrected chi connectivity index (χ4v) is 2.78. The SMILES string of the molecule is NCC1C2C(=O)N(Cc3ccccc3O)C(=O)C12. The highest BCUT2D eigenvalue weighted by atomic mass is 16.3. The molecule has 5 heteroatoms. The molecule has 18 heavy (non-hydrogen) atoms. The first kappa shape index (κ1) is 11.2. The number of para-hydroxylation sites is 1. The van der Waals surface area contributed by atoms with Gasteiger partial charge in [-0.3, -0.25) is 14.5 Å². The third-order valence-corrected chi connectivity index (χ3v) is 3.86. The van der Waals surface area contributed by atoms with E-state index in [0.717, 1.165) is 0 Å². The number of aromatic hydroxyl groups is 1. The number of phenols is 1. The van der Waals surface area contributed by atoms with E-state index in [-0.39, 0.29) is 41.9 Å². The molecule has 3 rings (SSSR count). The number of nitrogens with two attached hydrogens (primary N) is 1. The van der Waals surface area contributed by atoms with Crippen LogP contribution in [0.15, 0.2) is 24.3 Å². The number of hydrogen-bond acceptors (Lipinski definition) is 4. The van der Waals surface area contributed by atoms with Crippen molar-refractivity contribution in [2.45, 2.75) is 6.54 Å². The molecule has 94 valence electrons. The lowest BCUT2D eigenvalue weighted by atomic mass is 10.1.